The Morgan fingerprint density at radius 1 is 1.20 bits per heavy atom. The summed E-state index contributed by atoms with van der Waals surface area (Å²) in [6.45, 7) is 0. The summed E-state index contributed by atoms with van der Waals surface area (Å²) in [5.41, 5.74) is -0.550. The molecule has 0 saturated heterocycles. The smallest absolute Gasteiger partial charge is 0.339 e. The molecule has 6 nitrogen and oxygen atoms in total. The maximum absolute atomic E-state index is 10.6. The van der Waals surface area contributed by atoms with E-state index in [4.69, 9.17) is 20.4 Å². The molecule has 0 fully saturated rings. The Labute approximate surface area is 84.0 Å². The molecule has 0 radical (unpaired) electrons. The van der Waals surface area contributed by atoms with E-state index in [1.54, 1.807) is 0 Å². The topological polar surface area (TPSA) is 115 Å². The molecule has 1 aromatic carbocycles. The van der Waals surface area contributed by atoms with E-state index in [9.17, 15) is 9.59 Å². The van der Waals surface area contributed by atoms with Crippen molar-refractivity contribution in [3.63, 3.8) is 0 Å². The van der Waals surface area contributed by atoms with Crippen LogP contribution < -0.4 is 0 Å². The molecule has 0 aliphatic rings. The van der Waals surface area contributed by atoms with Gasteiger partial charge in [-0.3, -0.25) is 0 Å². The second-order valence-corrected chi connectivity index (χ2v) is 2.82. The molecule has 0 aliphatic heterocycles. The minimum absolute atomic E-state index is 0.0994. The summed E-state index contributed by atoms with van der Waals surface area (Å²) < 4.78 is 0. The monoisotopic (exact) mass is 212 g/mol. The molecule has 0 spiro atoms. The first-order chi connectivity index (χ1) is 6.93. The average molecular weight is 212 g/mol. The summed E-state index contributed by atoms with van der Waals surface area (Å²) in [6, 6.07) is 3.07. The van der Waals surface area contributed by atoms with Gasteiger partial charge in [-0.15, -0.1) is 0 Å². The van der Waals surface area contributed by atoms with E-state index in [-0.39, 0.29) is 5.56 Å². The first-order valence-corrected chi connectivity index (χ1v) is 3.90. The third-order valence-corrected chi connectivity index (χ3v) is 1.80. The van der Waals surface area contributed by atoms with Gasteiger partial charge in [0.1, 0.15) is 11.3 Å². The van der Waals surface area contributed by atoms with Gasteiger partial charge in [0.05, 0.1) is 0 Å². The quantitative estimate of drug-likeness (QED) is 0.569. The number of rotatable bonds is 3. The van der Waals surface area contributed by atoms with Gasteiger partial charge in [-0.2, -0.15) is 0 Å². The predicted octanol–water partition coefficient (Wildman–Crippen LogP) is 0.208. The lowest BCUT2D eigenvalue weighted by atomic mass is 10.1. The second-order valence-electron chi connectivity index (χ2n) is 2.82. The lowest BCUT2D eigenvalue weighted by Gasteiger charge is -2.07. The van der Waals surface area contributed by atoms with Crippen molar-refractivity contribution < 1.29 is 30.0 Å². The number of phenols is 1. The summed E-state index contributed by atoms with van der Waals surface area (Å²) in [5.74, 6) is -3.37. The summed E-state index contributed by atoms with van der Waals surface area (Å²) in [5, 5.41) is 35.3. The molecule has 4 N–H and O–H groups in total. The SMILES string of the molecule is O=C(O)c1cc([C@@H](O)C(=O)O)ccc1O. The second kappa shape index (κ2) is 3.97. The number of carbonyl (C=O) groups is 2. The number of hydrogen-bond acceptors (Lipinski definition) is 4. The molecule has 0 bridgehead atoms. The molecule has 15 heavy (non-hydrogen) atoms. The number of carboxylic acids is 2. The first-order valence-electron chi connectivity index (χ1n) is 3.90. The highest BCUT2D eigenvalue weighted by molar-refractivity contribution is 5.91. The average Bonchev–Trinajstić information content (AvgIpc) is 2.16. The van der Waals surface area contributed by atoms with Crippen LogP contribution in [0.3, 0.4) is 0 Å². The van der Waals surface area contributed by atoms with Crippen LogP contribution >= 0.6 is 0 Å². The van der Waals surface area contributed by atoms with Crippen molar-refractivity contribution in [2.45, 2.75) is 6.10 Å². The lowest BCUT2D eigenvalue weighted by molar-refractivity contribution is -0.146. The minimum atomic E-state index is -1.80. The maximum atomic E-state index is 10.6. The summed E-state index contributed by atoms with van der Waals surface area (Å²) >= 11 is 0. The standard InChI is InChI=1S/C9H8O6/c10-6-2-1-4(7(11)9(14)15)3-5(6)8(12)13/h1-3,7,10-11H,(H,12,13)(H,14,15)/t7-/m1/s1. The number of aromatic hydroxyl groups is 1. The summed E-state index contributed by atoms with van der Waals surface area (Å²) in [4.78, 5) is 21.0. The fourth-order valence-corrected chi connectivity index (χ4v) is 1.04. The van der Waals surface area contributed by atoms with Gasteiger partial charge >= 0.3 is 11.9 Å². The zero-order valence-corrected chi connectivity index (χ0v) is 7.41. The molecular weight excluding hydrogens is 204 g/mol. The van der Waals surface area contributed by atoms with E-state index in [1.807, 2.05) is 0 Å². The Bertz CT molecular complexity index is 411. The summed E-state index contributed by atoms with van der Waals surface area (Å²) in [7, 11) is 0. The highest BCUT2D eigenvalue weighted by atomic mass is 16.4. The van der Waals surface area contributed by atoms with Crippen LogP contribution in [0.5, 0.6) is 5.75 Å². The van der Waals surface area contributed by atoms with Crippen LogP contribution in [0.2, 0.25) is 0 Å². The van der Waals surface area contributed by atoms with Crippen LogP contribution in [0, 0.1) is 0 Å². The molecule has 1 aromatic rings. The van der Waals surface area contributed by atoms with E-state index >= 15 is 0 Å². The van der Waals surface area contributed by atoms with Gasteiger partial charge in [0.25, 0.3) is 0 Å². The van der Waals surface area contributed by atoms with E-state index in [0.29, 0.717) is 0 Å². The van der Waals surface area contributed by atoms with Crippen molar-refractivity contribution >= 4 is 11.9 Å². The molecule has 6 heteroatoms. The normalized spacial score (nSPS) is 12.1. The highest BCUT2D eigenvalue weighted by Crippen LogP contribution is 2.22. The molecule has 1 atom stereocenters. The van der Waals surface area contributed by atoms with Crippen LogP contribution in [0.4, 0.5) is 0 Å². The number of aliphatic carboxylic acids is 1. The fourth-order valence-electron chi connectivity index (χ4n) is 1.04. The summed E-state index contributed by atoms with van der Waals surface area (Å²) in [6.07, 6.45) is -1.80. The van der Waals surface area contributed by atoms with E-state index < -0.39 is 29.4 Å². The third kappa shape index (κ3) is 2.23. The van der Waals surface area contributed by atoms with Crippen molar-refractivity contribution in [3.8, 4) is 5.75 Å². The predicted molar refractivity (Wildman–Crippen MR) is 47.7 cm³/mol. The van der Waals surface area contributed by atoms with E-state index in [0.717, 1.165) is 18.2 Å². The lowest BCUT2D eigenvalue weighted by Crippen LogP contribution is -2.11. The molecule has 0 heterocycles. The molecule has 1 rings (SSSR count). The van der Waals surface area contributed by atoms with Crippen LogP contribution in [0.1, 0.15) is 22.0 Å². The highest BCUT2D eigenvalue weighted by Gasteiger charge is 2.19. The Kier molecular flexibility index (Phi) is 2.91. The Hall–Kier alpha value is -2.08. The zero-order chi connectivity index (χ0) is 11.6. The number of aromatic carboxylic acids is 1. The number of benzene rings is 1. The van der Waals surface area contributed by atoms with E-state index in [1.165, 1.54) is 0 Å². The number of aliphatic hydroxyl groups excluding tert-OH is 1. The van der Waals surface area contributed by atoms with Gasteiger partial charge in [0.2, 0.25) is 0 Å². The molecule has 0 aromatic heterocycles. The fraction of sp³-hybridized carbons (Fsp3) is 0.111. The number of aliphatic hydroxyl groups is 1. The van der Waals surface area contributed by atoms with Crippen molar-refractivity contribution in [1.29, 1.82) is 0 Å². The van der Waals surface area contributed by atoms with Gasteiger partial charge in [0.15, 0.2) is 6.10 Å². The number of hydrogen-bond donors (Lipinski definition) is 4. The van der Waals surface area contributed by atoms with Gasteiger partial charge in [0, 0.05) is 0 Å². The van der Waals surface area contributed by atoms with Crippen LogP contribution in [-0.4, -0.2) is 32.4 Å². The molecule has 0 aliphatic carbocycles. The van der Waals surface area contributed by atoms with Crippen molar-refractivity contribution in [2.24, 2.45) is 0 Å². The van der Waals surface area contributed by atoms with Gasteiger partial charge < -0.3 is 20.4 Å². The van der Waals surface area contributed by atoms with Crippen LogP contribution in [-0.2, 0) is 4.79 Å². The van der Waals surface area contributed by atoms with Gasteiger partial charge in [-0.25, -0.2) is 9.59 Å². The Morgan fingerprint density at radius 3 is 2.27 bits per heavy atom. The molecule has 0 saturated carbocycles. The number of carboxylic acid groups (broad SMARTS) is 2. The maximum Gasteiger partial charge on any atom is 0.339 e. The van der Waals surface area contributed by atoms with Gasteiger partial charge in [-0.05, 0) is 17.7 Å². The Morgan fingerprint density at radius 2 is 1.80 bits per heavy atom. The molecule has 0 amide bonds. The van der Waals surface area contributed by atoms with Gasteiger partial charge in [-0.1, -0.05) is 6.07 Å². The largest absolute Gasteiger partial charge is 0.507 e. The minimum Gasteiger partial charge on any atom is -0.507 e. The molecule has 0 unspecified atom stereocenters. The van der Waals surface area contributed by atoms with E-state index in [2.05, 4.69) is 0 Å². The van der Waals surface area contributed by atoms with Crippen molar-refractivity contribution in [3.05, 3.63) is 29.3 Å². The van der Waals surface area contributed by atoms with Crippen molar-refractivity contribution in [1.82, 2.24) is 0 Å². The van der Waals surface area contributed by atoms with Crippen LogP contribution in [0.15, 0.2) is 18.2 Å². The van der Waals surface area contributed by atoms with Crippen LogP contribution in [0.25, 0.3) is 0 Å². The zero-order valence-electron chi connectivity index (χ0n) is 7.41. The van der Waals surface area contributed by atoms with Crippen molar-refractivity contribution in [2.75, 3.05) is 0 Å². The third-order valence-electron chi connectivity index (χ3n) is 1.80. The molecule has 80 valence electrons. The Balaban J connectivity index is 3.18. The first kappa shape index (κ1) is 11.0. The molecular formula is C9H8O6.